The van der Waals surface area contributed by atoms with Crippen molar-refractivity contribution in [3.63, 3.8) is 0 Å². The first-order chi connectivity index (χ1) is 16.1. The van der Waals surface area contributed by atoms with Gasteiger partial charge < -0.3 is 18.3 Å². The van der Waals surface area contributed by atoms with E-state index < -0.39 is 11.9 Å². The first-order valence-electron chi connectivity index (χ1n) is 9.89. The molecule has 2 heterocycles. The average Bonchev–Trinajstić information content (AvgIpc) is 3.53. The van der Waals surface area contributed by atoms with Gasteiger partial charge in [-0.25, -0.2) is 9.59 Å². The van der Waals surface area contributed by atoms with E-state index in [4.69, 9.17) is 18.3 Å². The molecule has 6 nitrogen and oxygen atoms in total. The number of rotatable bonds is 8. The van der Waals surface area contributed by atoms with E-state index in [1.807, 2.05) is 24.3 Å². The summed E-state index contributed by atoms with van der Waals surface area (Å²) in [5, 5.41) is 0. The monoisotopic (exact) mass is 458 g/mol. The number of hydrogen-bond acceptors (Lipinski definition) is 7. The summed E-state index contributed by atoms with van der Waals surface area (Å²) in [5.41, 5.74) is 0. The van der Waals surface area contributed by atoms with E-state index in [0.29, 0.717) is 23.0 Å². The Kier molecular flexibility index (Phi) is 7.25. The third-order valence-corrected chi connectivity index (χ3v) is 5.19. The van der Waals surface area contributed by atoms with Crippen LogP contribution in [-0.2, 0) is 9.59 Å². The molecular formula is C26H18O6S. The van der Waals surface area contributed by atoms with Crippen LogP contribution in [-0.4, -0.2) is 11.9 Å². The molecule has 4 rings (SSSR count). The fourth-order valence-electron chi connectivity index (χ4n) is 2.66. The number of hydrogen-bond donors (Lipinski definition) is 0. The largest absolute Gasteiger partial charge is 0.465 e. The van der Waals surface area contributed by atoms with Gasteiger partial charge in [-0.2, -0.15) is 0 Å². The normalized spacial score (nSPS) is 11.2. The van der Waals surface area contributed by atoms with E-state index in [1.165, 1.54) is 36.4 Å². The molecule has 33 heavy (non-hydrogen) atoms. The lowest BCUT2D eigenvalue weighted by molar-refractivity contribution is -0.129. The van der Waals surface area contributed by atoms with Crippen LogP contribution in [0.25, 0.3) is 12.2 Å². The number of benzene rings is 2. The smallest absolute Gasteiger partial charge is 0.336 e. The molecule has 0 saturated carbocycles. The maximum atomic E-state index is 11.9. The number of carbonyl (C=O) groups excluding carboxylic acids is 2. The Morgan fingerprint density at radius 3 is 1.42 bits per heavy atom. The van der Waals surface area contributed by atoms with Crippen LogP contribution < -0.4 is 9.47 Å². The van der Waals surface area contributed by atoms with Crippen molar-refractivity contribution in [2.45, 2.75) is 9.79 Å². The molecule has 0 aliphatic heterocycles. The third-order valence-electron chi connectivity index (χ3n) is 4.17. The summed E-state index contributed by atoms with van der Waals surface area (Å²) >= 11 is 1.53. The van der Waals surface area contributed by atoms with Crippen LogP contribution in [0.2, 0.25) is 0 Å². The molecule has 2 aromatic carbocycles. The Hall–Kier alpha value is -4.23. The van der Waals surface area contributed by atoms with Crippen molar-refractivity contribution in [2.75, 3.05) is 0 Å². The van der Waals surface area contributed by atoms with Crippen molar-refractivity contribution in [3.05, 3.63) is 109 Å². The Balaban J connectivity index is 1.27. The molecule has 0 unspecified atom stereocenters. The molecule has 4 aromatic rings. The number of furan rings is 2. The van der Waals surface area contributed by atoms with Gasteiger partial charge in [0, 0.05) is 21.9 Å². The molecule has 0 amide bonds. The summed E-state index contributed by atoms with van der Waals surface area (Å²) in [6.07, 6.45) is 8.77. The minimum absolute atomic E-state index is 0.443. The van der Waals surface area contributed by atoms with E-state index in [9.17, 15) is 9.59 Å². The molecule has 0 fully saturated rings. The van der Waals surface area contributed by atoms with E-state index in [-0.39, 0.29) is 0 Å². The van der Waals surface area contributed by atoms with Crippen molar-refractivity contribution in [3.8, 4) is 11.5 Å². The Morgan fingerprint density at radius 1 is 0.636 bits per heavy atom. The minimum atomic E-state index is -0.490. The fraction of sp³-hybridized carbons (Fsp3) is 0. The number of carbonyl (C=O) groups is 2. The van der Waals surface area contributed by atoms with E-state index in [0.717, 1.165) is 9.79 Å². The van der Waals surface area contributed by atoms with Gasteiger partial charge in [-0.3, -0.25) is 0 Å². The molecule has 0 saturated heterocycles. The van der Waals surface area contributed by atoms with Gasteiger partial charge in [-0.05, 0) is 84.9 Å². The van der Waals surface area contributed by atoms with E-state index in [2.05, 4.69) is 0 Å². The summed E-state index contributed by atoms with van der Waals surface area (Å²) in [6.45, 7) is 0. The zero-order valence-electron chi connectivity index (χ0n) is 17.3. The highest BCUT2D eigenvalue weighted by molar-refractivity contribution is 7.99. The second-order valence-corrected chi connectivity index (χ2v) is 7.73. The summed E-state index contributed by atoms with van der Waals surface area (Å²) in [4.78, 5) is 25.7. The maximum Gasteiger partial charge on any atom is 0.336 e. The predicted molar refractivity (Wildman–Crippen MR) is 124 cm³/mol. The van der Waals surface area contributed by atoms with Crippen molar-refractivity contribution in [1.29, 1.82) is 0 Å². The van der Waals surface area contributed by atoms with Gasteiger partial charge in [-0.15, -0.1) is 0 Å². The maximum absolute atomic E-state index is 11.9. The summed E-state index contributed by atoms with van der Waals surface area (Å²) in [5.74, 6) is 1.05. The highest BCUT2D eigenvalue weighted by Crippen LogP contribution is 2.30. The zero-order chi connectivity index (χ0) is 22.9. The third kappa shape index (κ3) is 6.88. The van der Waals surface area contributed by atoms with Gasteiger partial charge in [0.1, 0.15) is 23.0 Å². The predicted octanol–water partition coefficient (Wildman–Crippen LogP) is 6.26. The van der Waals surface area contributed by atoms with E-state index >= 15 is 0 Å². The SMILES string of the molecule is O=C(/C=C/c1ccco1)Oc1ccc(Sc2ccc(OC(=O)/C=C/c3ccco3)cc2)cc1. The zero-order valence-corrected chi connectivity index (χ0v) is 18.1. The van der Waals surface area contributed by atoms with Gasteiger partial charge >= 0.3 is 11.9 Å². The van der Waals surface area contributed by atoms with E-state index in [1.54, 1.807) is 60.7 Å². The van der Waals surface area contributed by atoms with Gasteiger partial charge in [0.05, 0.1) is 12.5 Å². The molecule has 0 spiro atoms. The van der Waals surface area contributed by atoms with Crippen molar-refractivity contribution in [1.82, 2.24) is 0 Å². The molecule has 164 valence electrons. The lowest BCUT2D eigenvalue weighted by atomic mass is 10.3. The Bertz CT molecular complexity index is 1140. The van der Waals surface area contributed by atoms with Gasteiger partial charge in [0.2, 0.25) is 0 Å². The van der Waals surface area contributed by atoms with Crippen LogP contribution >= 0.6 is 11.8 Å². The van der Waals surface area contributed by atoms with Crippen LogP contribution in [0.5, 0.6) is 11.5 Å². The summed E-state index contributed by atoms with van der Waals surface area (Å²) < 4.78 is 20.8. The topological polar surface area (TPSA) is 78.9 Å². The highest BCUT2D eigenvalue weighted by Gasteiger charge is 2.05. The molecule has 7 heteroatoms. The van der Waals surface area contributed by atoms with Crippen LogP contribution in [0.15, 0.2) is 116 Å². The fourth-order valence-corrected chi connectivity index (χ4v) is 3.48. The van der Waals surface area contributed by atoms with Gasteiger partial charge in [0.25, 0.3) is 0 Å². The number of ether oxygens (including phenoxy) is 2. The summed E-state index contributed by atoms with van der Waals surface area (Å²) in [6, 6.07) is 21.3. The average molecular weight is 458 g/mol. The highest BCUT2D eigenvalue weighted by atomic mass is 32.2. The molecule has 0 aliphatic rings. The first-order valence-corrected chi connectivity index (χ1v) is 10.7. The molecule has 2 aromatic heterocycles. The molecule has 0 atom stereocenters. The molecule has 0 bridgehead atoms. The van der Waals surface area contributed by atoms with Crippen LogP contribution in [0.3, 0.4) is 0 Å². The second kappa shape index (κ2) is 10.9. The first kappa shape index (κ1) is 22.0. The van der Waals surface area contributed by atoms with Gasteiger partial charge in [-0.1, -0.05) is 11.8 Å². The Morgan fingerprint density at radius 2 is 1.06 bits per heavy atom. The summed E-state index contributed by atoms with van der Waals surface area (Å²) in [7, 11) is 0. The molecule has 0 radical (unpaired) electrons. The molecular weight excluding hydrogens is 440 g/mol. The van der Waals surface area contributed by atoms with Gasteiger partial charge in [0.15, 0.2) is 0 Å². The van der Waals surface area contributed by atoms with Crippen molar-refractivity contribution in [2.24, 2.45) is 0 Å². The van der Waals surface area contributed by atoms with Crippen LogP contribution in [0.1, 0.15) is 11.5 Å². The second-order valence-electron chi connectivity index (χ2n) is 6.58. The Labute approximate surface area is 194 Å². The quantitative estimate of drug-likeness (QED) is 0.175. The van der Waals surface area contributed by atoms with Crippen LogP contribution in [0.4, 0.5) is 0 Å². The van der Waals surface area contributed by atoms with Crippen molar-refractivity contribution >= 4 is 35.9 Å². The van der Waals surface area contributed by atoms with Crippen molar-refractivity contribution < 1.29 is 27.9 Å². The lowest BCUT2D eigenvalue weighted by Crippen LogP contribution is -2.03. The number of esters is 2. The molecule has 0 aliphatic carbocycles. The van der Waals surface area contributed by atoms with Crippen LogP contribution in [0, 0.1) is 0 Å². The lowest BCUT2D eigenvalue weighted by Gasteiger charge is -2.06. The standard InChI is InChI=1S/C26H18O6S/c27-25(15-9-19-3-1-17-29-19)31-21-5-11-23(12-6-21)33-24-13-7-22(8-14-24)32-26(28)16-10-20-4-2-18-30-20/h1-18H/b15-9+,16-10+. The molecule has 0 N–H and O–H groups in total. The minimum Gasteiger partial charge on any atom is -0.465 e.